The number of pyridine rings is 1. The average Bonchev–Trinajstić information content (AvgIpc) is 2.50. The Hall–Kier alpha value is -0.750. The van der Waals surface area contributed by atoms with Crippen molar-refractivity contribution in [3.8, 4) is 0 Å². The molecule has 1 rings (SSSR count). The van der Waals surface area contributed by atoms with E-state index >= 15 is 0 Å². The molecule has 0 saturated carbocycles. The van der Waals surface area contributed by atoms with Gasteiger partial charge in [-0.3, -0.25) is 4.57 Å². The third-order valence-electron chi connectivity index (χ3n) is 4.44. The first kappa shape index (κ1) is 24.3. The van der Waals surface area contributed by atoms with Crippen molar-refractivity contribution in [1.29, 1.82) is 0 Å². The topological polar surface area (TPSA) is 134 Å². The predicted octanol–water partition coefficient (Wildman–Crippen LogP) is 2.29. The largest absolute Gasteiger partial charge is 0.778 e. The van der Waals surface area contributed by atoms with Gasteiger partial charge in [0.25, 0.3) is 0 Å². The summed E-state index contributed by atoms with van der Waals surface area (Å²) in [6, 6.07) is 3.44. The minimum Gasteiger partial charge on any atom is -0.778 e. The van der Waals surface area contributed by atoms with Crippen LogP contribution in [0.15, 0.2) is 24.5 Å². The summed E-state index contributed by atoms with van der Waals surface area (Å²) in [5.41, 5.74) is 0.718. The summed E-state index contributed by atoms with van der Waals surface area (Å²) in [5.74, 6) is 1.31. The minimum atomic E-state index is -5.18. The molecule has 10 heteroatoms. The monoisotopic (exact) mass is 422 g/mol. The van der Waals surface area contributed by atoms with Gasteiger partial charge in [-0.1, -0.05) is 40.0 Å². The smallest absolute Gasteiger partial charge is 0.343 e. The van der Waals surface area contributed by atoms with Crippen molar-refractivity contribution in [2.24, 2.45) is 11.8 Å². The molecule has 156 valence electrons. The summed E-state index contributed by atoms with van der Waals surface area (Å²) in [4.78, 5) is 38.8. The van der Waals surface area contributed by atoms with Gasteiger partial charge in [0.15, 0.2) is 31.9 Å². The first-order valence-corrected chi connectivity index (χ1v) is 12.5. The number of aromatic nitrogens is 1. The second kappa shape index (κ2) is 10.7. The van der Waals surface area contributed by atoms with Crippen molar-refractivity contribution < 1.29 is 33.3 Å². The number of hydrogen-bond acceptors (Lipinski definition) is 4. The normalized spacial score (nSPS) is 16.7. The Balaban J connectivity index is 2.59. The summed E-state index contributed by atoms with van der Waals surface area (Å²) < 4.78 is 24.0. The summed E-state index contributed by atoms with van der Waals surface area (Å²) >= 11 is 0. The molecule has 0 aromatic carbocycles. The van der Waals surface area contributed by atoms with Crippen molar-refractivity contribution in [3.05, 3.63) is 24.5 Å². The first-order valence-electron chi connectivity index (χ1n) is 9.21. The van der Waals surface area contributed by atoms with Crippen LogP contribution in [0.25, 0.3) is 0 Å². The fraction of sp³-hybridized carbons (Fsp3) is 0.706. The van der Waals surface area contributed by atoms with Crippen LogP contribution < -0.4 is 14.8 Å². The Kier molecular flexibility index (Phi) is 9.63. The van der Waals surface area contributed by atoms with Crippen molar-refractivity contribution in [3.63, 3.8) is 0 Å². The van der Waals surface area contributed by atoms with E-state index in [-0.39, 0.29) is 0 Å². The molecule has 27 heavy (non-hydrogen) atoms. The predicted molar refractivity (Wildman–Crippen MR) is 103 cm³/mol. The second-order valence-corrected chi connectivity index (χ2v) is 11.5. The molecular weight excluding hydrogens is 390 g/mol. The maximum atomic E-state index is 11.4. The van der Waals surface area contributed by atoms with Crippen LogP contribution in [0.4, 0.5) is 5.69 Å². The van der Waals surface area contributed by atoms with E-state index < -0.39 is 27.1 Å². The average molecular weight is 422 g/mol. The lowest BCUT2D eigenvalue weighted by Gasteiger charge is -2.25. The lowest BCUT2D eigenvalue weighted by atomic mass is 9.97. The quantitative estimate of drug-likeness (QED) is 0.300. The van der Waals surface area contributed by atoms with Gasteiger partial charge < -0.3 is 29.5 Å². The van der Waals surface area contributed by atoms with E-state index in [0.29, 0.717) is 5.92 Å². The van der Waals surface area contributed by atoms with Crippen molar-refractivity contribution in [2.45, 2.75) is 58.4 Å². The highest BCUT2D eigenvalue weighted by Gasteiger charge is 2.40. The molecular formula is C17H32N2O6P2. The zero-order valence-corrected chi connectivity index (χ0v) is 18.0. The van der Waals surface area contributed by atoms with Crippen LogP contribution in [0.1, 0.15) is 46.5 Å². The maximum Gasteiger partial charge on any atom is 0.343 e. The molecule has 0 fully saturated rings. The SMILES string of the molecule is CC(C)CCCC(C)CCNc1ccc[n+](CC(P(=O)([O-])O)P(=O)(O)O)c1. The van der Waals surface area contributed by atoms with E-state index in [2.05, 4.69) is 26.1 Å². The molecule has 0 amide bonds. The molecule has 1 heterocycles. The molecule has 0 aliphatic heterocycles. The van der Waals surface area contributed by atoms with E-state index in [4.69, 9.17) is 4.89 Å². The zero-order chi connectivity index (χ0) is 20.7. The van der Waals surface area contributed by atoms with Crippen LogP contribution in [0, 0.1) is 11.8 Å². The third kappa shape index (κ3) is 9.84. The fourth-order valence-corrected chi connectivity index (χ4v) is 5.13. The lowest BCUT2D eigenvalue weighted by Crippen LogP contribution is -2.40. The van der Waals surface area contributed by atoms with Gasteiger partial charge in [-0.05, 0) is 24.3 Å². The molecule has 1 aromatic heterocycles. The van der Waals surface area contributed by atoms with Crippen LogP contribution >= 0.6 is 15.2 Å². The summed E-state index contributed by atoms with van der Waals surface area (Å²) in [6.07, 6.45) is 7.67. The van der Waals surface area contributed by atoms with E-state index in [9.17, 15) is 23.8 Å². The highest BCUT2D eigenvalue weighted by atomic mass is 31.2. The maximum absolute atomic E-state index is 11.4. The Morgan fingerprint density at radius 1 is 1.15 bits per heavy atom. The molecule has 3 unspecified atom stereocenters. The minimum absolute atomic E-state index is 0.525. The molecule has 8 nitrogen and oxygen atoms in total. The van der Waals surface area contributed by atoms with Crippen LogP contribution in [-0.4, -0.2) is 26.6 Å². The number of hydrogen-bond donors (Lipinski definition) is 4. The summed E-state index contributed by atoms with van der Waals surface area (Å²) in [7, 11) is -10.2. The Bertz CT molecular complexity index is 651. The zero-order valence-electron chi connectivity index (χ0n) is 16.2. The second-order valence-electron chi connectivity index (χ2n) is 7.57. The summed E-state index contributed by atoms with van der Waals surface area (Å²) in [5, 5.41) is 1.08. The first-order chi connectivity index (χ1) is 12.4. The van der Waals surface area contributed by atoms with Gasteiger partial charge in [0.1, 0.15) is 0 Å². The van der Waals surface area contributed by atoms with Crippen molar-refractivity contribution in [2.75, 3.05) is 11.9 Å². The van der Waals surface area contributed by atoms with Crippen LogP contribution in [0.2, 0.25) is 0 Å². The molecule has 0 saturated heterocycles. The molecule has 0 radical (unpaired) electrons. The van der Waals surface area contributed by atoms with Gasteiger partial charge in [0.2, 0.25) is 0 Å². The Morgan fingerprint density at radius 2 is 1.81 bits per heavy atom. The number of nitrogens with one attached hydrogen (secondary N) is 1. The number of rotatable bonds is 12. The van der Waals surface area contributed by atoms with E-state index in [1.807, 2.05) is 0 Å². The third-order valence-corrected chi connectivity index (χ3v) is 8.08. The molecule has 3 atom stereocenters. The molecule has 0 aliphatic rings. The van der Waals surface area contributed by atoms with E-state index in [1.165, 1.54) is 30.0 Å². The number of anilines is 1. The highest BCUT2D eigenvalue weighted by Crippen LogP contribution is 2.57. The molecule has 0 aliphatic carbocycles. The van der Waals surface area contributed by atoms with Crippen molar-refractivity contribution >= 4 is 20.9 Å². The van der Waals surface area contributed by atoms with Crippen LogP contribution in [0.3, 0.4) is 0 Å². The van der Waals surface area contributed by atoms with Gasteiger partial charge in [0.05, 0.1) is 5.69 Å². The van der Waals surface area contributed by atoms with Gasteiger partial charge in [-0.2, -0.15) is 0 Å². The van der Waals surface area contributed by atoms with E-state index in [0.717, 1.165) is 24.6 Å². The number of nitrogens with zero attached hydrogens (tertiary/aromatic N) is 1. The van der Waals surface area contributed by atoms with Gasteiger partial charge in [0, 0.05) is 12.6 Å². The van der Waals surface area contributed by atoms with E-state index in [1.54, 1.807) is 18.3 Å². The molecule has 0 spiro atoms. The fourth-order valence-electron chi connectivity index (χ4n) is 2.81. The standard InChI is InChI=1S/C17H32N2O6P2/c1-14(2)6-4-7-15(3)9-10-18-16-8-5-11-19(12-16)13-17(26(20,21)22)27(23,24)25/h5,8,11-12,14-15,17-18H,4,6-7,9-10,13H2,1-3H3,(H3-,20,21,22,23,24,25). The lowest BCUT2D eigenvalue weighted by molar-refractivity contribution is -0.694. The van der Waals surface area contributed by atoms with Gasteiger partial charge in [-0.25, -0.2) is 4.57 Å². The van der Waals surface area contributed by atoms with Gasteiger partial charge >= 0.3 is 7.60 Å². The van der Waals surface area contributed by atoms with Gasteiger partial charge in [-0.15, -0.1) is 0 Å². The van der Waals surface area contributed by atoms with Crippen LogP contribution in [-0.2, 0) is 15.7 Å². The van der Waals surface area contributed by atoms with Crippen molar-refractivity contribution in [1.82, 2.24) is 0 Å². The summed E-state index contributed by atoms with van der Waals surface area (Å²) in [6.45, 7) is 6.87. The Morgan fingerprint density at radius 3 is 2.37 bits per heavy atom. The highest BCUT2D eigenvalue weighted by molar-refractivity contribution is 7.70. The molecule has 1 aromatic rings. The van der Waals surface area contributed by atoms with Crippen LogP contribution in [0.5, 0.6) is 0 Å². The molecule has 4 N–H and O–H groups in total. The Labute approximate surface area is 161 Å². The molecule has 0 bridgehead atoms.